The molecule has 0 bridgehead atoms. The highest BCUT2D eigenvalue weighted by molar-refractivity contribution is 6.62. The molecule has 1 saturated heterocycles. The summed E-state index contributed by atoms with van der Waals surface area (Å²) in [5.74, 6) is 2.77. The second-order valence-corrected chi connectivity index (χ2v) is 10.3. The Balaban J connectivity index is 1.56. The number of nitrogens with zero attached hydrogens (tertiary/aromatic N) is 4. The lowest BCUT2D eigenvalue weighted by Crippen LogP contribution is -2.41. The van der Waals surface area contributed by atoms with E-state index >= 15 is 0 Å². The third kappa shape index (κ3) is 4.70. The van der Waals surface area contributed by atoms with Gasteiger partial charge in [0.05, 0.1) is 16.9 Å². The molecule has 33 heavy (non-hydrogen) atoms. The molecule has 2 aromatic heterocycles. The van der Waals surface area contributed by atoms with E-state index in [1.165, 1.54) is 0 Å². The van der Waals surface area contributed by atoms with Crippen molar-refractivity contribution < 1.29 is 9.31 Å². The predicted molar refractivity (Wildman–Crippen MR) is 132 cm³/mol. The van der Waals surface area contributed by atoms with Crippen LogP contribution in [0.2, 0.25) is 0 Å². The Hall–Kier alpha value is -2.64. The monoisotopic (exact) mass is 444 g/mol. The second-order valence-electron chi connectivity index (χ2n) is 10.3. The van der Waals surface area contributed by atoms with E-state index in [-0.39, 0.29) is 30.2 Å². The largest absolute Gasteiger partial charge is 0.494 e. The van der Waals surface area contributed by atoms with Gasteiger partial charge >= 0.3 is 7.12 Å². The minimum Gasteiger partial charge on any atom is -0.399 e. The van der Waals surface area contributed by atoms with Crippen molar-refractivity contribution in [3.05, 3.63) is 54.2 Å². The van der Waals surface area contributed by atoms with E-state index in [4.69, 9.17) is 9.31 Å². The molecule has 3 heterocycles. The summed E-state index contributed by atoms with van der Waals surface area (Å²) >= 11 is 0. The molecular weight excluding hydrogens is 411 g/mol. The van der Waals surface area contributed by atoms with E-state index < -0.39 is 0 Å². The molecule has 172 valence electrons. The average Bonchev–Trinajstić information content (AvgIpc) is 3.00. The SMILES string of the molecule is CC(C)c1nc(-c2ccc(-c3ccc(B4OC(C)(C)C(C)(C)O4)cc3)nc2)nc(C(C)C)n1. The van der Waals surface area contributed by atoms with Crippen molar-refractivity contribution in [2.75, 3.05) is 0 Å². The summed E-state index contributed by atoms with van der Waals surface area (Å²) in [4.78, 5) is 18.7. The lowest BCUT2D eigenvalue weighted by molar-refractivity contribution is 0.00578. The maximum Gasteiger partial charge on any atom is 0.494 e. The molecule has 4 rings (SSSR count). The van der Waals surface area contributed by atoms with Crippen LogP contribution in [0, 0.1) is 0 Å². The van der Waals surface area contributed by atoms with Gasteiger partial charge in [-0.25, -0.2) is 15.0 Å². The Morgan fingerprint density at radius 1 is 0.697 bits per heavy atom. The van der Waals surface area contributed by atoms with Crippen molar-refractivity contribution in [1.29, 1.82) is 0 Å². The van der Waals surface area contributed by atoms with E-state index in [0.717, 1.165) is 33.9 Å². The Kier molecular flexibility index (Phi) is 6.14. The smallest absolute Gasteiger partial charge is 0.399 e. The minimum absolute atomic E-state index is 0.235. The predicted octanol–water partition coefficient (Wildman–Crippen LogP) is 5.15. The highest BCUT2D eigenvalue weighted by Crippen LogP contribution is 2.36. The van der Waals surface area contributed by atoms with Crippen molar-refractivity contribution in [3.63, 3.8) is 0 Å². The number of hydrogen-bond acceptors (Lipinski definition) is 6. The molecule has 0 unspecified atom stereocenters. The Bertz CT molecular complexity index is 1080. The molecule has 0 radical (unpaired) electrons. The third-order valence-corrected chi connectivity index (χ3v) is 6.46. The first kappa shape index (κ1) is 23.5. The number of rotatable bonds is 5. The van der Waals surface area contributed by atoms with Gasteiger partial charge in [0.2, 0.25) is 0 Å². The Morgan fingerprint density at radius 3 is 1.67 bits per heavy atom. The van der Waals surface area contributed by atoms with E-state index in [2.05, 4.69) is 87.5 Å². The van der Waals surface area contributed by atoms with Crippen LogP contribution in [0.5, 0.6) is 0 Å². The molecule has 1 aliphatic rings. The molecule has 0 saturated carbocycles. The third-order valence-electron chi connectivity index (χ3n) is 6.46. The fraction of sp³-hybridized carbons (Fsp3) is 0.462. The first-order valence-corrected chi connectivity index (χ1v) is 11.6. The summed E-state index contributed by atoms with van der Waals surface area (Å²) in [5, 5.41) is 0. The maximum atomic E-state index is 6.16. The van der Waals surface area contributed by atoms with Gasteiger partial charge in [-0.3, -0.25) is 4.98 Å². The molecule has 0 aliphatic carbocycles. The Labute approximate surface area is 197 Å². The standard InChI is InChI=1S/C26H33BN4O2/c1-16(2)22-29-23(17(3)4)31-24(30-22)19-11-14-21(28-15-19)18-9-12-20(13-10-18)27-32-25(5,6)26(7,8)33-27/h9-17H,1-8H3. The lowest BCUT2D eigenvalue weighted by atomic mass is 9.79. The molecule has 6 nitrogen and oxygen atoms in total. The van der Waals surface area contributed by atoms with Crippen molar-refractivity contribution in [3.8, 4) is 22.6 Å². The van der Waals surface area contributed by atoms with Gasteiger partial charge in [0.25, 0.3) is 0 Å². The van der Waals surface area contributed by atoms with Crippen molar-refractivity contribution in [2.24, 2.45) is 0 Å². The van der Waals surface area contributed by atoms with Crippen LogP contribution in [0.4, 0.5) is 0 Å². The van der Waals surface area contributed by atoms with Crippen LogP contribution >= 0.6 is 0 Å². The molecule has 1 aromatic carbocycles. The first-order valence-electron chi connectivity index (χ1n) is 11.6. The minimum atomic E-state index is -0.367. The maximum absolute atomic E-state index is 6.16. The zero-order chi connectivity index (χ0) is 24.0. The van der Waals surface area contributed by atoms with Gasteiger partial charge < -0.3 is 9.31 Å². The van der Waals surface area contributed by atoms with Crippen LogP contribution in [0.1, 0.15) is 78.9 Å². The molecular formula is C26H33BN4O2. The van der Waals surface area contributed by atoms with Crippen LogP contribution in [0.25, 0.3) is 22.6 Å². The van der Waals surface area contributed by atoms with Crippen molar-refractivity contribution >= 4 is 12.6 Å². The number of benzene rings is 1. The van der Waals surface area contributed by atoms with Crippen LogP contribution < -0.4 is 5.46 Å². The summed E-state index contributed by atoms with van der Waals surface area (Å²) in [7, 11) is -0.367. The highest BCUT2D eigenvalue weighted by Gasteiger charge is 2.51. The van der Waals surface area contributed by atoms with Gasteiger partial charge in [-0.05, 0) is 45.3 Å². The lowest BCUT2D eigenvalue weighted by Gasteiger charge is -2.32. The fourth-order valence-corrected chi connectivity index (χ4v) is 3.54. The van der Waals surface area contributed by atoms with Crippen LogP contribution in [0.15, 0.2) is 42.6 Å². The van der Waals surface area contributed by atoms with Crippen molar-refractivity contribution in [2.45, 2.75) is 78.4 Å². The van der Waals surface area contributed by atoms with Crippen molar-refractivity contribution in [1.82, 2.24) is 19.9 Å². The number of aromatic nitrogens is 4. The first-order chi connectivity index (χ1) is 15.5. The summed E-state index contributed by atoms with van der Waals surface area (Å²) in [6.45, 7) is 16.6. The van der Waals surface area contributed by atoms with Gasteiger partial charge in [-0.1, -0.05) is 52.0 Å². The number of pyridine rings is 1. The van der Waals surface area contributed by atoms with E-state index in [0.29, 0.717) is 5.82 Å². The van der Waals surface area contributed by atoms with Gasteiger partial charge in [-0.2, -0.15) is 0 Å². The topological polar surface area (TPSA) is 70.0 Å². The van der Waals surface area contributed by atoms with Gasteiger partial charge in [0.15, 0.2) is 5.82 Å². The molecule has 0 atom stereocenters. The van der Waals surface area contributed by atoms with Crippen LogP contribution in [-0.2, 0) is 9.31 Å². The van der Waals surface area contributed by atoms with Gasteiger partial charge in [-0.15, -0.1) is 0 Å². The average molecular weight is 444 g/mol. The summed E-state index contributed by atoms with van der Waals surface area (Å²) < 4.78 is 12.3. The zero-order valence-electron chi connectivity index (χ0n) is 20.9. The molecule has 0 N–H and O–H groups in total. The summed E-state index contributed by atoms with van der Waals surface area (Å²) in [5.41, 5.74) is 3.10. The number of hydrogen-bond donors (Lipinski definition) is 0. The normalized spacial score (nSPS) is 17.2. The van der Waals surface area contributed by atoms with Crippen LogP contribution in [-0.4, -0.2) is 38.3 Å². The van der Waals surface area contributed by atoms with E-state index in [1.54, 1.807) is 0 Å². The molecule has 7 heteroatoms. The quantitative estimate of drug-likeness (QED) is 0.507. The summed E-state index contributed by atoms with van der Waals surface area (Å²) in [6, 6.07) is 12.2. The van der Waals surface area contributed by atoms with Gasteiger partial charge in [0, 0.05) is 29.2 Å². The molecule has 1 fully saturated rings. The Morgan fingerprint density at radius 2 is 1.21 bits per heavy atom. The van der Waals surface area contributed by atoms with Gasteiger partial charge in [0.1, 0.15) is 11.6 Å². The molecule has 1 aliphatic heterocycles. The zero-order valence-corrected chi connectivity index (χ0v) is 20.9. The molecule has 0 amide bonds. The second kappa shape index (κ2) is 8.62. The fourth-order valence-electron chi connectivity index (χ4n) is 3.54. The van der Waals surface area contributed by atoms with E-state index in [9.17, 15) is 0 Å². The highest BCUT2D eigenvalue weighted by atomic mass is 16.7. The van der Waals surface area contributed by atoms with Crippen LogP contribution in [0.3, 0.4) is 0 Å². The van der Waals surface area contributed by atoms with E-state index in [1.807, 2.05) is 30.5 Å². The molecule has 0 spiro atoms. The summed E-state index contributed by atoms with van der Waals surface area (Å²) in [6.07, 6.45) is 1.83. The molecule has 3 aromatic rings.